The number of nitrogens with one attached hydrogen (secondary N) is 1. The number of anilines is 1. The number of ether oxygens (including phenoxy) is 2. The van der Waals surface area contributed by atoms with Crippen LogP contribution in [0.4, 0.5) is 11.4 Å². The second kappa shape index (κ2) is 5.88. The molecule has 1 aromatic rings. The van der Waals surface area contributed by atoms with E-state index >= 15 is 0 Å². The summed E-state index contributed by atoms with van der Waals surface area (Å²) < 4.78 is 10.4. The Morgan fingerprint density at radius 2 is 2.32 bits per heavy atom. The van der Waals surface area contributed by atoms with Gasteiger partial charge in [0.05, 0.1) is 24.7 Å². The van der Waals surface area contributed by atoms with Gasteiger partial charge in [-0.15, -0.1) is 0 Å². The lowest BCUT2D eigenvalue weighted by Gasteiger charge is -2.20. The number of hydrogen-bond donors (Lipinski definition) is 1. The van der Waals surface area contributed by atoms with Crippen molar-refractivity contribution < 1.29 is 14.4 Å². The summed E-state index contributed by atoms with van der Waals surface area (Å²) in [5, 5.41) is 14.2. The normalized spacial score (nSPS) is 20.0. The van der Waals surface area contributed by atoms with E-state index in [-0.39, 0.29) is 11.7 Å². The predicted octanol–water partition coefficient (Wildman–Crippen LogP) is 2.44. The standard InChI is InChI=1S/C13H18N2O4/c1-9(10-3-4-19-8-10)14-11-5-12(15(16)17)7-13(6-11)18-2/h5-7,9-10,14H,3-4,8H2,1-2H3. The van der Waals surface area contributed by atoms with Crippen molar-refractivity contribution in [1.29, 1.82) is 0 Å². The first-order valence-corrected chi connectivity index (χ1v) is 6.28. The van der Waals surface area contributed by atoms with Crippen molar-refractivity contribution in [3.63, 3.8) is 0 Å². The average molecular weight is 266 g/mol. The van der Waals surface area contributed by atoms with Crippen LogP contribution in [0.15, 0.2) is 18.2 Å². The molecule has 1 aromatic carbocycles. The van der Waals surface area contributed by atoms with Crippen LogP contribution in [-0.2, 0) is 4.74 Å². The molecule has 6 heteroatoms. The molecular weight excluding hydrogens is 248 g/mol. The molecule has 2 atom stereocenters. The van der Waals surface area contributed by atoms with E-state index in [1.165, 1.54) is 19.2 Å². The highest BCUT2D eigenvalue weighted by Gasteiger charge is 2.22. The van der Waals surface area contributed by atoms with Crippen LogP contribution in [-0.4, -0.2) is 31.3 Å². The van der Waals surface area contributed by atoms with E-state index in [9.17, 15) is 10.1 Å². The summed E-state index contributed by atoms with van der Waals surface area (Å²) in [6.45, 7) is 3.58. The lowest BCUT2D eigenvalue weighted by atomic mass is 10.0. The highest BCUT2D eigenvalue weighted by atomic mass is 16.6. The first kappa shape index (κ1) is 13.6. The van der Waals surface area contributed by atoms with Gasteiger partial charge in [-0.1, -0.05) is 0 Å². The van der Waals surface area contributed by atoms with E-state index in [1.54, 1.807) is 6.07 Å². The largest absolute Gasteiger partial charge is 0.496 e. The summed E-state index contributed by atoms with van der Waals surface area (Å²) in [6.07, 6.45) is 1.01. The minimum absolute atomic E-state index is 0.0247. The van der Waals surface area contributed by atoms with E-state index in [0.29, 0.717) is 17.4 Å². The van der Waals surface area contributed by atoms with Gasteiger partial charge in [0, 0.05) is 36.4 Å². The molecule has 0 bridgehead atoms. The summed E-state index contributed by atoms with van der Waals surface area (Å²) in [4.78, 5) is 10.4. The molecule has 2 rings (SSSR count). The number of methoxy groups -OCH3 is 1. The maximum absolute atomic E-state index is 10.9. The van der Waals surface area contributed by atoms with Crippen molar-refractivity contribution in [3.8, 4) is 5.75 Å². The van der Waals surface area contributed by atoms with Crippen LogP contribution in [0.2, 0.25) is 0 Å². The molecule has 0 spiro atoms. The fraction of sp³-hybridized carbons (Fsp3) is 0.538. The second-order valence-electron chi connectivity index (χ2n) is 4.73. The molecule has 1 aliphatic rings. The van der Waals surface area contributed by atoms with Gasteiger partial charge in [0.1, 0.15) is 5.75 Å². The molecule has 6 nitrogen and oxygen atoms in total. The summed E-state index contributed by atoms with van der Waals surface area (Å²) in [6, 6.07) is 4.90. The lowest BCUT2D eigenvalue weighted by Crippen LogP contribution is -2.26. The molecule has 0 saturated carbocycles. The van der Waals surface area contributed by atoms with Gasteiger partial charge in [-0.3, -0.25) is 10.1 Å². The molecule has 0 aliphatic carbocycles. The minimum Gasteiger partial charge on any atom is -0.496 e. The number of rotatable bonds is 5. The third-order valence-corrected chi connectivity index (χ3v) is 3.40. The van der Waals surface area contributed by atoms with Crippen molar-refractivity contribution in [1.82, 2.24) is 0 Å². The Bertz CT molecular complexity index is 458. The molecule has 1 fully saturated rings. The number of nitro benzene ring substituents is 1. The summed E-state index contributed by atoms with van der Waals surface area (Å²) >= 11 is 0. The Morgan fingerprint density at radius 3 is 2.89 bits per heavy atom. The number of nitrogens with zero attached hydrogens (tertiary/aromatic N) is 1. The lowest BCUT2D eigenvalue weighted by molar-refractivity contribution is -0.384. The molecule has 104 valence electrons. The monoisotopic (exact) mass is 266 g/mol. The summed E-state index contributed by atoms with van der Waals surface area (Å²) in [5.41, 5.74) is 0.724. The Balaban J connectivity index is 2.14. The zero-order valence-corrected chi connectivity index (χ0v) is 11.1. The fourth-order valence-electron chi connectivity index (χ4n) is 2.22. The van der Waals surface area contributed by atoms with Gasteiger partial charge in [-0.25, -0.2) is 0 Å². The average Bonchev–Trinajstić information content (AvgIpc) is 2.92. The van der Waals surface area contributed by atoms with Crippen LogP contribution in [0.3, 0.4) is 0 Å². The fourth-order valence-corrected chi connectivity index (χ4v) is 2.22. The molecule has 0 radical (unpaired) electrons. The SMILES string of the molecule is COc1cc(NC(C)C2CCOC2)cc([N+](=O)[O-])c1. The maximum atomic E-state index is 10.9. The van der Waals surface area contributed by atoms with Crippen LogP contribution >= 0.6 is 0 Å². The quantitative estimate of drug-likeness (QED) is 0.654. The molecular formula is C13H18N2O4. The Hall–Kier alpha value is -1.82. The van der Waals surface area contributed by atoms with Crippen molar-refractivity contribution in [2.24, 2.45) is 5.92 Å². The number of hydrogen-bond acceptors (Lipinski definition) is 5. The zero-order chi connectivity index (χ0) is 13.8. The Morgan fingerprint density at radius 1 is 1.53 bits per heavy atom. The third-order valence-electron chi connectivity index (χ3n) is 3.40. The molecule has 2 unspecified atom stereocenters. The number of benzene rings is 1. The molecule has 19 heavy (non-hydrogen) atoms. The molecule has 1 N–H and O–H groups in total. The Labute approximate surface area is 111 Å². The van der Waals surface area contributed by atoms with E-state index in [4.69, 9.17) is 9.47 Å². The van der Waals surface area contributed by atoms with Gasteiger partial charge in [-0.2, -0.15) is 0 Å². The second-order valence-corrected chi connectivity index (χ2v) is 4.73. The first-order valence-electron chi connectivity index (χ1n) is 6.28. The highest BCUT2D eigenvalue weighted by molar-refractivity contribution is 5.56. The van der Waals surface area contributed by atoms with Gasteiger partial charge in [0.2, 0.25) is 0 Å². The van der Waals surface area contributed by atoms with Crippen LogP contribution in [0, 0.1) is 16.0 Å². The zero-order valence-electron chi connectivity index (χ0n) is 11.1. The van der Waals surface area contributed by atoms with Gasteiger partial charge in [0.15, 0.2) is 0 Å². The minimum atomic E-state index is -0.420. The topological polar surface area (TPSA) is 73.6 Å². The molecule has 0 aromatic heterocycles. The molecule has 1 heterocycles. The number of nitro groups is 1. The van der Waals surface area contributed by atoms with E-state index in [2.05, 4.69) is 12.2 Å². The maximum Gasteiger partial charge on any atom is 0.275 e. The van der Waals surface area contributed by atoms with E-state index < -0.39 is 4.92 Å². The van der Waals surface area contributed by atoms with Gasteiger partial charge < -0.3 is 14.8 Å². The number of non-ortho nitro benzene ring substituents is 1. The van der Waals surface area contributed by atoms with Crippen molar-refractivity contribution in [3.05, 3.63) is 28.3 Å². The van der Waals surface area contributed by atoms with Crippen molar-refractivity contribution in [2.75, 3.05) is 25.6 Å². The van der Waals surface area contributed by atoms with E-state index in [1.807, 2.05) is 0 Å². The van der Waals surface area contributed by atoms with Crippen molar-refractivity contribution >= 4 is 11.4 Å². The van der Waals surface area contributed by atoms with Crippen LogP contribution in [0.25, 0.3) is 0 Å². The third kappa shape index (κ3) is 3.35. The van der Waals surface area contributed by atoms with Gasteiger partial charge in [0.25, 0.3) is 5.69 Å². The van der Waals surface area contributed by atoms with Crippen LogP contribution in [0.1, 0.15) is 13.3 Å². The van der Waals surface area contributed by atoms with E-state index in [0.717, 1.165) is 19.6 Å². The van der Waals surface area contributed by atoms with Crippen LogP contribution < -0.4 is 10.1 Å². The molecule has 1 aliphatic heterocycles. The van der Waals surface area contributed by atoms with Gasteiger partial charge in [-0.05, 0) is 13.3 Å². The summed E-state index contributed by atoms with van der Waals surface area (Å²) in [7, 11) is 1.50. The Kier molecular flexibility index (Phi) is 4.21. The van der Waals surface area contributed by atoms with Crippen LogP contribution in [0.5, 0.6) is 5.75 Å². The van der Waals surface area contributed by atoms with Gasteiger partial charge >= 0.3 is 0 Å². The smallest absolute Gasteiger partial charge is 0.275 e. The van der Waals surface area contributed by atoms with Crippen molar-refractivity contribution in [2.45, 2.75) is 19.4 Å². The molecule has 1 saturated heterocycles. The molecule has 0 amide bonds. The predicted molar refractivity (Wildman–Crippen MR) is 71.7 cm³/mol. The summed E-state index contributed by atoms with van der Waals surface area (Å²) in [5.74, 6) is 0.914. The highest BCUT2D eigenvalue weighted by Crippen LogP contribution is 2.28. The first-order chi connectivity index (χ1) is 9.10.